The average molecular weight is 193 g/mol. The number of rotatable bonds is 1. The van der Waals surface area contributed by atoms with Crippen LogP contribution in [0.1, 0.15) is 5.56 Å². The molecular formula is C9H11N3O2. The van der Waals surface area contributed by atoms with Crippen molar-refractivity contribution in [1.29, 1.82) is 0 Å². The summed E-state index contributed by atoms with van der Waals surface area (Å²) in [4.78, 5) is 10.2. The van der Waals surface area contributed by atoms with Gasteiger partial charge >= 0.3 is 0 Å². The first-order valence-electron chi connectivity index (χ1n) is 4.49. The van der Waals surface area contributed by atoms with Gasteiger partial charge in [0.05, 0.1) is 4.92 Å². The van der Waals surface area contributed by atoms with Gasteiger partial charge in [0.2, 0.25) is 0 Å². The second-order valence-corrected chi connectivity index (χ2v) is 3.20. The maximum absolute atomic E-state index is 10.5. The molecule has 0 atom stereocenters. The first-order valence-corrected chi connectivity index (χ1v) is 4.49. The Bertz CT molecular complexity index is 365. The van der Waals surface area contributed by atoms with Crippen LogP contribution >= 0.6 is 0 Å². The van der Waals surface area contributed by atoms with Crippen molar-refractivity contribution >= 4 is 11.4 Å². The van der Waals surface area contributed by atoms with E-state index in [1.165, 1.54) is 6.07 Å². The number of anilines is 1. The standard InChI is InChI=1S/C9H11N3O2/c13-12(14)8-2-1-7-6-10-3-4-11-9(7)5-8/h1-2,5,10-11H,3-4,6H2. The molecule has 2 rings (SSSR count). The van der Waals surface area contributed by atoms with Gasteiger partial charge in [0.1, 0.15) is 0 Å². The van der Waals surface area contributed by atoms with E-state index in [0.29, 0.717) is 0 Å². The van der Waals surface area contributed by atoms with Crippen LogP contribution in [0.4, 0.5) is 11.4 Å². The van der Waals surface area contributed by atoms with Crippen LogP contribution in [0.15, 0.2) is 18.2 Å². The SMILES string of the molecule is O=[N+]([O-])c1ccc2c(c1)NCCNC2. The summed E-state index contributed by atoms with van der Waals surface area (Å²) in [5.41, 5.74) is 2.08. The van der Waals surface area contributed by atoms with Gasteiger partial charge in [-0.1, -0.05) is 0 Å². The molecule has 0 saturated carbocycles. The number of non-ortho nitro benzene ring substituents is 1. The number of nitro benzene ring substituents is 1. The molecule has 2 N–H and O–H groups in total. The Morgan fingerprint density at radius 2 is 2.21 bits per heavy atom. The zero-order valence-electron chi connectivity index (χ0n) is 7.62. The van der Waals surface area contributed by atoms with Crippen LogP contribution in [0.5, 0.6) is 0 Å². The molecule has 0 saturated heterocycles. The summed E-state index contributed by atoms with van der Waals surface area (Å²) in [6.07, 6.45) is 0. The quantitative estimate of drug-likeness (QED) is 0.518. The van der Waals surface area contributed by atoms with E-state index in [2.05, 4.69) is 10.6 Å². The van der Waals surface area contributed by atoms with E-state index in [4.69, 9.17) is 0 Å². The van der Waals surface area contributed by atoms with Crippen molar-refractivity contribution in [3.8, 4) is 0 Å². The summed E-state index contributed by atoms with van der Waals surface area (Å²) < 4.78 is 0. The summed E-state index contributed by atoms with van der Waals surface area (Å²) >= 11 is 0. The molecule has 14 heavy (non-hydrogen) atoms. The molecule has 0 fully saturated rings. The van der Waals surface area contributed by atoms with Gasteiger partial charge in [0, 0.05) is 37.5 Å². The van der Waals surface area contributed by atoms with Crippen molar-refractivity contribution in [2.45, 2.75) is 6.54 Å². The van der Waals surface area contributed by atoms with Crippen molar-refractivity contribution in [1.82, 2.24) is 5.32 Å². The molecule has 0 aromatic heterocycles. The van der Waals surface area contributed by atoms with Crippen molar-refractivity contribution < 1.29 is 4.92 Å². The van der Waals surface area contributed by atoms with E-state index in [-0.39, 0.29) is 10.6 Å². The Hall–Kier alpha value is -1.62. The van der Waals surface area contributed by atoms with Gasteiger partial charge in [-0.15, -0.1) is 0 Å². The molecule has 0 aliphatic carbocycles. The Morgan fingerprint density at radius 3 is 3.00 bits per heavy atom. The predicted molar refractivity (Wildman–Crippen MR) is 53.3 cm³/mol. The predicted octanol–water partition coefficient (Wildman–Crippen LogP) is 1.11. The van der Waals surface area contributed by atoms with Gasteiger partial charge in [0.15, 0.2) is 0 Å². The molecule has 0 bridgehead atoms. The number of nitrogens with one attached hydrogen (secondary N) is 2. The van der Waals surface area contributed by atoms with Crippen molar-refractivity contribution in [2.75, 3.05) is 18.4 Å². The molecule has 1 aliphatic heterocycles. The van der Waals surface area contributed by atoms with Crippen LogP contribution in [0.3, 0.4) is 0 Å². The van der Waals surface area contributed by atoms with Crippen LogP contribution in [0, 0.1) is 10.1 Å². The first kappa shape index (κ1) is 8.96. The van der Waals surface area contributed by atoms with E-state index in [9.17, 15) is 10.1 Å². The second kappa shape index (κ2) is 3.63. The number of nitrogens with zero attached hydrogens (tertiary/aromatic N) is 1. The minimum Gasteiger partial charge on any atom is -0.383 e. The number of fused-ring (bicyclic) bond motifs is 1. The van der Waals surface area contributed by atoms with E-state index >= 15 is 0 Å². The molecule has 74 valence electrons. The lowest BCUT2D eigenvalue weighted by molar-refractivity contribution is -0.384. The maximum Gasteiger partial charge on any atom is 0.271 e. The number of nitro groups is 1. The molecular weight excluding hydrogens is 182 g/mol. The Labute approximate surface area is 81.3 Å². The second-order valence-electron chi connectivity index (χ2n) is 3.20. The lowest BCUT2D eigenvalue weighted by Gasteiger charge is -2.05. The Balaban J connectivity index is 2.37. The van der Waals surface area contributed by atoms with Crippen LogP contribution < -0.4 is 10.6 Å². The average Bonchev–Trinajstić information content (AvgIpc) is 2.41. The van der Waals surface area contributed by atoms with Crippen molar-refractivity contribution in [2.24, 2.45) is 0 Å². The fourth-order valence-corrected chi connectivity index (χ4v) is 1.51. The van der Waals surface area contributed by atoms with E-state index < -0.39 is 0 Å². The summed E-state index contributed by atoms with van der Waals surface area (Å²) in [5.74, 6) is 0. The smallest absolute Gasteiger partial charge is 0.271 e. The molecule has 1 heterocycles. The summed E-state index contributed by atoms with van der Waals surface area (Å²) in [7, 11) is 0. The van der Waals surface area contributed by atoms with Gasteiger partial charge in [-0.25, -0.2) is 0 Å². The maximum atomic E-state index is 10.5. The minimum atomic E-state index is -0.375. The lowest BCUT2D eigenvalue weighted by atomic mass is 10.1. The summed E-state index contributed by atoms with van der Waals surface area (Å²) in [6, 6.07) is 4.91. The van der Waals surface area contributed by atoms with Crippen LogP contribution in [-0.2, 0) is 6.54 Å². The van der Waals surface area contributed by atoms with Crippen LogP contribution in [0.2, 0.25) is 0 Å². The molecule has 5 nitrogen and oxygen atoms in total. The molecule has 1 aromatic rings. The first-order chi connectivity index (χ1) is 6.77. The molecule has 0 unspecified atom stereocenters. The fraction of sp³-hybridized carbons (Fsp3) is 0.333. The number of benzene rings is 1. The third kappa shape index (κ3) is 1.67. The Kier molecular flexibility index (Phi) is 2.32. The zero-order chi connectivity index (χ0) is 9.97. The highest BCUT2D eigenvalue weighted by Crippen LogP contribution is 2.23. The van der Waals surface area contributed by atoms with E-state index in [1.807, 2.05) is 0 Å². The topological polar surface area (TPSA) is 67.2 Å². The monoisotopic (exact) mass is 193 g/mol. The van der Waals surface area contributed by atoms with Gasteiger partial charge in [0.25, 0.3) is 5.69 Å². The largest absolute Gasteiger partial charge is 0.383 e. The molecule has 1 aromatic carbocycles. The highest BCUT2D eigenvalue weighted by atomic mass is 16.6. The molecule has 0 radical (unpaired) electrons. The molecule has 1 aliphatic rings. The fourth-order valence-electron chi connectivity index (χ4n) is 1.51. The lowest BCUT2D eigenvalue weighted by Crippen LogP contribution is -2.16. The Morgan fingerprint density at radius 1 is 1.36 bits per heavy atom. The number of hydrogen-bond acceptors (Lipinski definition) is 4. The molecule has 5 heteroatoms. The third-order valence-corrected chi connectivity index (χ3v) is 2.24. The van der Waals surface area contributed by atoms with Gasteiger partial charge in [-0.3, -0.25) is 10.1 Å². The molecule has 0 spiro atoms. The zero-order valence-corrected chi connectivity index (χ0v) is 7.62. The minimum absolute atomic E-state index is 0.137. The van der Waals surface area contributed by atoms with E-state index in [1.54, 1.807) is 12.1 Å². The van der Waals surface area contributed by atoms with Crippen LogP contribution in [-0.4, -0.2) is 18.0 Å². The molecule has 0 amide bonds. The highest BCUT2D eigenvalue weighted by Gasteiger charge is 2.11. The van der Waals surface area contributed by atoms with Crippen molar-refractivity contribution in [3.63, 3.8) is 0 Å². The third-order valence-electron chi connectivity index (χ3n) is 2.24. The van der Waals surface area contributed by atoms with Gasteiger partial charge in [-0.05, 0) is 11.6 Å². The van der Waals surface area contributed by atoms with E-state index in [0.717, 1.165) is 30.9 Å². The van der Waals surface area contributed by atoms with Gasteiger partial charge < -0.3 is 10.6 Å². The van der Waals surface area contributed by atoms with Crippen LogP contribution in [0.25, 0.3) is 0 Å². The number of hydrogen-bond donors (Lipinski definition) is 2. The highest BCUT2D eigenvalue weighted by molar-refractivity contribution is 5.57. The summed E-state index contributed by atoms with van der Waals surface area (Å²) in [5, 5.41) is 16.9. The summed E-state index contributed by atoms with van der Waals surface area (Å²) in [6.45, 7) is 2.44. The van der Waals surface area contributed by atoms with Gasteiger partial charge in [-0.2, -0.15) is 0 Å². The van der Waals surface area contributed by atoms with Crippen molar-refractivity contribution in [3.05, 3.63) is 33.9 Å². The normalized spacial score (nSPS) is 15.1.